The van der Waals surface area contributed by atoms with Gasteiger partial charge in [0.05, 0.1) is 6.20 Å². The fourth-order valence-electron chi connectivity index (χ4n) is 2.59. The molecule has 0 fully saturated rings. The summed E-state index contributed by atoms with van der Waals surface area (Å²) in [5.74, 6) is -0.233. The third-order valence-corrected chi connectivity index (χ3v) is 3.35. The van der Waals surface area contributed by atoms with Gasteiger partial charge in [-0.05, 0) is 31.7 Å². The number of benzene rings is 1. The van der Waals surface area contributed by atoms with Crippen LogP contribution in [0.25, 0.3) is 0 Å². The smallest absolute Gasteiger partial charge is 0.123 e. The zero-order chi connectivity index (χ0) is 14.7. The predicted octanol–water partition coefficient (Wildman–Crippen LogP) is 2.08. The maximum absolute atomic E-state index is 13.4. The van der Waals surface area contributed by atoms with Gasteiger partial charge in [-0.3, -0.25) is 9.58 Å². The number of nitrogens with two attached hydrogens (primary N) is 1. The molecule has 0 aliphatic heterocycles. The highest BCUT2D eigenvalue weighted by Gasteiger charge is 2.22. The molecule has 1 aromatic heterocycles. The lowest BCUT2D eigenvalue weighted by Crippen LogP contribution is -2.37. The van der Waals surface area contributed by atoms with Crippen molar-refractivity contribution in [1.29, 1.82) is 0 Å². The molecular weight excluding hydrogens is 255 g/mol. The van der Waals surface area contributed by atoms with Crippen LogP contribution >= 0.6 is 0 Å². The first-order valence-corrected chi connectivity index (χ1v) is 6.66. The SMILES string of the molecule is CC(N)C(c1cccc(F)c1)N(C)Cc1cnn(C)c1. The Kier molecular flexibility index (Phi) is 4.52. The number of hydrogen-bond acceptors (Lipinski definition) is 3. The van der Waals surface area contributed by atoms with Crippen molar-refractivity contribution in [3.63, 3.8) is 0 Å². The molecular formula is C15H21FN4. The summed E-state index contributed by atoms with van der Waals surface area (Å²) in [5.41, 5.74) is 8.10. The van der Waals surface area contributed by atoms with E-state index in [0.717, 1.165) is 17.7 Å². The summed E-state index contributed by atoms with van der Waals surface area (Å²) in [6.07, 6.45) is 3.81. The molecule has 1 heterocycles. The van der Waals surface area contributed by atoms with Crippen molar-refractivity contribution in [3.8, 4) is 0 Å². The average molecular weight is 276 g/mol. The summed E-state index contributed by atoms with van der Waals surface area (Å²) in [6.45, 7) is 2.66. The number of likely N-dealkylation sites (N-methyl/N-ethyl adjacent to an activating group) is 1. The van der Waals surface area contributed by atoms with Crippen LogP contribution in [0.2, 0.25) is 0 Å². The number of aryl methyl sites for hydroxylation is 1. The summed E-state index contributed by atoms with van der Waals surface area (Å²) in [5, 5.41) is 4.16. The van der Waals surface area contributed by atoms with Gasteiger partial charge in [-0.25, -0.2) is 4.39 Å². The Balaban J connectivity index is 2.20. The van der Waals surface area contributed by atoms with Crippen LogP contribution < -0.4 is 5.73 Å². The van der Waals surface area contributed by atoms with E-state index < -0.39 is 0 Å². The van der Waals surface area contributed by atoms with Gasteiger partial charge in [0.2, 0.25) is 0 Å². The van der Waals surface area contributed by atoms with E-state index in [2.05, 4.69) is 10.00 Å². The van der Waals surface area contributed by atoms with Gasteiger partial charge >= 0.3 is 0 Å². The van der Waals surface area contributed by atoms with Crippen molar-refractivity contribution in [2.75, 3.05) is 7.05 Å². The van der Waals surface area contributed by atoms with Crippen LogP contribution in [0.15, 0.2) is 36.7 Å². The highest BCUT2D eigenvalue weighted by molar-refractivity contribution is 5.22. The Labute approximate surface area is 119 Å². The van der Waals surface area contributed by atoms with E-state index in [1.807, 2.05) is 39.5 Å². The molecule has 0 aliphatic carbocycles. The number of aromatic nitrogens is 2. The Morgan fingerprint density at radius 2 is 2.20 bits per heavy atom. The van der Waals surface area contributed by atoms with Crippen molar-refractivity contribution < 1.29 is 4.39 Å². The van der Waals surface area contributed by atoms with E-state index in [1.165, 1.54) is 6.07 Å². The van der Waals surface area contributed by atoms with Gasteiger partial charge < -0.3 is 5.73 Å². The van der Waals surface area contributed by atoms with E-state index in [0.29, 0.717) is 0 Å². The number of hydrogen-bond donors (Lipinski definition) is 1. The molecule has 4 nitrogen and oxygen atoms in total. The maximum atomic E-state index is 13.4. The summed E-state index contributed by atoms with van der Waals surface area (Å²) >= 11 is 0. The van der Waals surface area contributed by atoms with Crippen LogP contribution in [-0.2, 0) is 13.6 Å². The maximum Gasteiger partial charge on any atom is 0.123 e. The van der Waals surface area contributed by atoms with E-state index in [9.17, 15) is 4.39 Å². The van der Waals surface area contributed by atoms with Crippen molar-refractivity contribution in [2.24, 2.45) is 12.8 Å². The predicted molar refractivity (Wildman–Crippen MR) is 77.5 cm³/mol. The third-order valence-electron chi connectivity index (χ3n) is 3.35. The molecule has 2 unspecified atom stereocenters. The van der Waals surface area contributed by atoms with Crippen molar-refractivity contribution >= 4 is 0 Å². The molecule has 0 aliphatic rings. The minimum atomic E-state index is -0.233. The molecule has 2 aromatic rings. The lowest BCUT2D eigenvalue weighted by Gasteiger charge is -2.31. The fraction of sp³-hybridized carbons (Fsp3) is 0.400. The van der Waals surface area contributed by atoms with Gasteiger partial charge in [0, 0.05) is 37.4 Å². The van der Waals surface area contributed by atoms with Crippen LogP contribution in [0, 0.1) is 5.82 Å². The van der Waals surface area contributed by atoms with E-state index in [1.54, 1.807) is 16.8 Å². The molecule has 0 spiro atoms. The summed E-state index contributed by atoms with van der Waals surface area (Å²) in [6, 6.07) is 6.50. The Morgan fingerprint density at radius 3 is 2.75 bits per heavy atom. The second-order valence-electron chi connectivity index (χ2n) is 5.30. The molecule has 0 saturated heterocycles. The van der Waals surface area contributed by atoms with Gasteiger partial charge in [-0.2, -0.15) is 5.10 Å². The molecule has 2 N–H and O–H groups in total. The van der Waals surface area contributed by atoms with Gasteiger partial charge in [-0.1, -0.05) is 12.1 Å². The number of rotatable bonds is 5. The molecule has 0 radical (unpaired) electrons. The number of nitrogens with zero attached hydrogens (tertiary/aromatic N) is 3. The quantitative estimate of drug-likeness (QED) is 0.909. The third kappa shape index (κ3) is 3.43. The minimum Gasteiger partial charge on any atom is -0.326 e. The van der Waals surface area contributed by atoms with E-state index in [4.69, 9.17) is 5.73 Å². The molecule has 5 heteroatoms. The van der Waals surface area contributed by atoms with Gasteiger partial charge in [0.1, 0.15) is 5.82 Å². The molecule has 20 heavy (non-hydrogen) atoms. The Hall–Kier alpha value is -1.72. The van der Waals surface area contributed by atoms with E-state index >= 15 is 0 Å². The van der Waals surface area contributed by atoms with Gasteiger partial charge in [-0.15, -0.1) is 0 Å². The second kappa shape index (κ2) is 6.15. The van der Waals surface area contributed by atoms with Crippen LogP contribution in [-0.4, -0.2) is 27.8 Å². The zero-order valence-electron chi connectivity index (χ0n) is 12.1. The second-order valence-corrected chi connectivity index (χ2v) is 5.30. The van der Waals surface area contributed by atoms with Crippen molar-refractivity contribution in [3.05, 3.63) is 53.6 Å². The molecule has 1 aromatic carbocycles. The molecule has 2 rings (SSSR count). The first-order chi connectivity index (χ1) is 9.47. The Morgan fingerprint density at radius 1 is 1.45 bits per heavy atom. The van der Waals surface area contributed by atoms with Crippen LogP contribution in [0.4, 0.5) is 4.39 Å². The first-order valence-electron chi connectivity index (χ1n) is 6.66. The molecule has 0 saturated carbocycles. The van der Waals surface area contributed by atoms with Crippen LogP contribution in [0.3, 0.4) is 0 Å². The molecule has 2 atom stereocenters. The summed E-state index contributed by atoms with van der Waals surface area (Å²) < 4.78 is 15.2. The van der Waals surface area contributed by atoms with Crippen LogP contribution in [0.1, 0.15) is 24.1 Å². The number of halogens is 1. The van der Waals surface area contributed by atoms with Crippen molar-refractivity contribution in [1.82, 2.24) is 14.7 Å². The minimum absolute atomic E-state index is 0.0362. The van der Waals surface area contributed by atoms with Crippen molar-refractivity contribution in [2.45, 2.75) is 25.6 Å². The van der Waals surface area contributed by atoms with E-state index in [-0.39, 0.29) is 17.9 Å². The van der Waals surface area contributed by atoms with Crippen LogP contribution in [0.5, 0.6) is 0 Å². The lowest BCUT2D eigenvalue weighted by molar-refractivity contribution is 0.210. The molecule has 0 amide bonds. The fourth-order valence-corrected chi connectivity index (χ4v) is 2.59. The first kappa shape index (κ1) is 14.7. The normalized spacial score (nSPS) is 14.5. The monoisotopic (exact) mass is 276 g/mol. The average Bonchev–Trinajstić information content (AvgIpc) is 2.74. The molecule has 108 valence electrons. The summed E-state index contributed by atoms with van der Waals surface area (Å²) in [4.78, 5) is 2.12. The lowest BCUT2D eigenvalue weighted by atomic mass is 9.99. The highest BCUT2D eigenvalue weighted by atomic mass is 19.1. The molecule has 0 bridgehead atoms. The van der Waals surface area contributed by atoms with Gasteiger partial charge in [0.25, 0.3) is 0 Å². The Bertz CT molecular complexity index is 565. The highest BCUT2D eigenvalue weighted by Crippen LogP contribution is 2.24. The summed E-state index contributed by atoms with van der Waals surface area (Å²) in [7, 11) is 3.88. The van der Waals surface area contributed by atoms with Gasteiger partial charge in [0.15, 0.2) is 0 Å². The topological polar surface area (TPSA) is 47.1 Å². The zero-order valence-corrected chi connectivity index (χ0v) is 12.1. The largest absolute Gasteiger partial charge is 0.326 e. The standard InChI is InChI=1S/C15H21FN4/c1-11(17)15(13-5-4-6-14(16)7-13)19(2)9-12-8-18-20(3)10-12/h4-8,10-11,15H,9,17H2,1-3H3.